The highest BCUT2D eigenvalue weighted by molar-refractivity contribution is 6.31. The number of nitrogens with one attached hydrogen (secondary N) is 2. The van der Waals surface area contributed by atoms with Crippen molar-refractivity contribution in [2.75, 3.05) is 5.32 Å². The van der Waals surface area contributed by atoms with Crippen LogP contribution in [-0.2, 0) is 11.0 Å². The molecule has 0 spiro atoms. The van der Waals surface area contributed by atoms with Gasteiger partial charge in [-0.3, -0.25) is 14.9 Å². The molecular weight excluding hydrogens is 482 g/mol. The predicted octanol–water partition coefficient (Wildman–Crippen LogP) is 3.52. The molecule has 178 valence electrons. The molecular formula is C20H16ClF4N7O2. The summed E-state index contributed by atoms with van der Waals surface area (Å²) in [5.41, 5.74) is -1.39. The topological polar surface area (TPSA) is 115 Å². The molecule has 0 bridgehead atoms. The average Bonchev–Trinajstić information content (AvgIpc) is 3.37. The summed E-state index contributed by atoms with van der Waals surface area (Å²) < 4.78 is 53.6. The van der Waals surface area contributed by atoms with Crippen molar-refractivity contribution in [2.24, 2.45) is 5.92 Å². The normalized spacial score (nSPS) is 18.3. The molecule has 14 heteroatoms. The number of aromatic nitrogens is 5. The van der Waals surface area contributed by atoms with E-state index in [0.29, 0.717) is 12.1 Å². The second-order valence-electron chi connectivity index (χ2n) is 7.52. The van der Waals surface area contributed by atoms with Gasteiger partial charge in [0.15, 0.2) is 5.82 Å². The van der Waals surface area contributed by atoms with Gasteiger partial charge in [0.1, 0.15) is 6.17 Å². The molecule has 1 unspecified atom stereocenters. The van der Waals surface area contributed by atoms with Crippen LogP contribution in [0.1, 0.15) is 41.1 Å². The Hall–Kier alpha value is -3.61. The Morgan fingerprint density at radius 3 is 2.50 bits per heavy atom. The Balaban J connectivity index is 1.60. The third kappa shape index (κ3) is 5.14. The van der Waals surface area contributed by atoms with Crippen molar-refractivity contribution in [3.05, 3.63) is 58.6 Å². The number of halogens is 5. The van der Waals surface area contributed by atoms with Crippen molar-refractivity contribution >= 4 is 29.4 Å². The van der Waals surface area contributed by atoms with Crippen LogP contribution in [-0.4, -0.2) is 42.7 Å². The van der Waals surface area contributed by atoms with Gasteiger partial charge in [-0.15, -0.1) is 5.10 Å². The van der Waals surface area contributed by atoms with Crippen LogP contribution in [0.15, 0.2) is 36.7 Å². The molecule has 1 fully saturated rings. The molecule has 0 aliphatic heterocycles. The third-order valence-corrected chi connectivity index (χ3v) is 5.10. The van der Waals surface area contributed by atoms with Gasteiger partial charge < -0.3 is 5.32 Å². The van der Waals surface area contributed by atoms with E-state index in [9.17, 15) is 27.2 Å². The summed E-state index contributed by atoms with van der Waals surface area (Å²) in [4.78, 5) is 37.0. The number of carbonyl (C=O) groups excluding carboxylic acids is 2. The van der Waals surface area contributed by atoms with E-state index in [0.717, 1.165) is 10.7 Å². The molecule has 3 atom stereocenters. The maximum absolute atomic E-state index is 13.2. The van der Waals surface area contributed by atoms with Gasteiger partial charge >= 0.3 is 6.18 Å². The molecule has 34 heavy (non-hydrogen) atoms. The van der Waals surface area contributed by atoms with Crippen LogP contribution in [0.4, 0.5) is 23.5 Å². The summed E-state index contributed by atoms with van der Waals surface area (Å²) in [6, 6.07) is 3.12. The Labute approximate surface area is 194 Å². The highest BCUT2D eigenvalue weighted by Gasteiger charge is 2.44. The molecule has 2 N–H and O–H groups in total. The Morgan fingerprint density at radius 2 is 1.88 bits per heavy atom. The van der Waals surface area contributed by atoms with Crippen LogP contribution >= 0.6 is 11.6 Å². The number of carbonyl (C=O) groups is 2. The number of alkyl halides is 4. The zero-order chi connectivity index (χ0) is 24.6. The molecule has 0 radical (unpaired) electrons. The van der Waals surface area contributed by atoms with E-state index in [2.05, 4.69) is 30.7 Å². The van der Waals surface area contributed by atoms with Gasteiger partial charge in [0.2, 0.25) is 11.9 Å². The van der Waals surface area contributed by atoms with Crippen molar-refractivity contribution in [1.82, 2.24) is 30.0 Å². The van der Waals surface area contributed by atoms with E-state index in [1.54, 1.807) is 6.07 Å². The van der Waals surface area contributed by atoms with Gasteiger partial charge in [0, 0.05) is 23.0 Å². The summed E-state index contributed by atoms with van der Waals surface area (Å²) in [6.45, 7) is 1.50. The highest BCUT2D eigenvalue weighted by Crippen LogP contribution is 2.35. The first kappa shape index (κ1) is 23.5. The maximum Gasteiger partial charge on any atom is 0.416 e. The van der Waals surface area contributed by atoms with E-state index in [1.807, 2.05) is 0 Å². The van der Waals surface area contributed by atoms with Crippen LogP contribution in [0.3, 0.4) is 0 Å². The minimum atomic E-state index is -4.69. The average molecular weight is 498 g/mol. The lowest BCUT2D eigenvalue weighted by Gasteiger charge is -2.15. The predicted molar refractivity (Wildman–Crippen MR) is 111 cm³/mol. The van der Waals surface area contributed by atoms with Crippen molar-refractivity contribution < 1.29 is 27.2 Å². The molecule has 1 saturated carbocycles. The summed E-state index contributed by atoms with van der Waals surface area (Å²) >= 11 is 5.76. The Kier molecular flexibility index (Phi) is 6.21. The SMILES string of the molecule is CC(NC(=O)c1cc(Cl)cc(C(F)(F)F)c1)c1nc(NC(=O)[C@@H]2C[C@@H]2F)nn1-c1ncccn1. The second-order valence-corrected chi connectivity index (χ2v) is 7.96. The first-order chi connectivity index (χ1) is 16.0. The van der Waals surface area contributed by atoms with Crippen LogP contribution in [0, 0.1) is 5.92 Å². The molecule has 3 aromatic rings. The minimum absolute atomic E-state index is 0.0588. The van der Waals surface area contributed by atoms with Crippen LogP contribution in [0.2, 0.25) is 5.02 Å². The number of rotatable bonds is 6. The van der Waals surface area contributed by atoms with E-state index >= 15 is 0 Å². The molecule has 2 amide bonds. The molecule has 4 rings (SSSR count). The second kappa shape index (κ2) is 8.97. The van der Waals surface area contributed by atoms with Crippen molar-refractivity contribution in [3.8, 4) is 5.95 Å². The van der Waals surface area contributed by atoms with Gasteiger partial charge in [-0.05, 0) is 37.6 Å². The summed E-state index contributed by atoms with van der Waals surface area (Å²) in [5, 5.41) is 8.79. The fourth-order valence-corrected chi connectivity index (χ4v) is 3.31. The molecule has 2 heterocycles. The highest BCUT2D eigenvalue weighted by atomic mass is 35.5. The quantitative estimate of drug-likeness (QED) is 0.504. The lowest BCUT2D eigenvalue weighted by atomic mass is 10.1. The summed E-state index contributed by atoms with van der Waals surface area (Å²) in [7, 11) is 0. The first-order valence-corrected chi connectivity index (χ1v) is 10.3. The Morgan fingerprint density at radius 1 is 1.21 bits per heavy atom. The van der Waals surface area contributed by atoms with Crippen LogP contribution < -0.4 is 10.6 Å². The number of hydrogen-bond donors (Lipinski definition) is 2. The number of anilines is 1. The lowest BCUT2D eigenvalue weighted by molar-refractivity contribution is -0.137. The summed E-state index contributed by atoms with van der Waals surface area (Å²) in [5.74, 6) is -2.28. The number of hydrogen-bond acceptors (Lipinski definition) is 6. The van der Waals surface area contributed by atoms with Crippen molar-refractivity contribution in [2.45, 2.75) is 31.7 Å². The molecule has 2 aromatic heterocycles. The molecule has 1 aromatic carbocycles. The molecule has 0 saturated heterocycles. The van der Waals surface area contributed by atoms with Crippen LogP contribution in [0.5, 0.6) is 0 Å². The fraction of sp³-hybridized carbons (Fsp3) is 0.300. The molecule has 9 nitrogen and oxygen atoms in total. The van der Waals surface area contributed by atoms with E-state index in [1.165, 1.54) is 19.3 Å². The molecule has 1 aliphatic carbocycles. The standard InChI is InChI=1S/C20H16ClF4N7O2/c1-9(28-16(33)10-5-11(20(23,24)25)7-12(21)6-10)15-29-18(30-17(34)13-8-14(13)22)31-32(15)19-26-3-2-4-27-19/h2-7,9,13-14H,8H2,1H3,(H,28,33)(H,30,31,34)/t9?,13-,14+/m1/s1. The Bertz CT molecular complexity index is 1240. The third-order valence-electron chi connectivity index (χ3n) is 4.88. The van der Waals surface area contributed by atoms with Gasteiger partial charge in [-0.1, -0.05) is 11.6 Å². The first-order valence-electron chi connectivity index (χ1n) is 9.91. The zero-order valence-electron chi connectivity index (χ0n) is 17.3. The summed E-state index contributed by atoms with van der Waals surface area (Å²) in [6.07, 6.45) is -2.96. The monoisotopic (exact) mass is 497 g/mol. The maximum atomic E-state index is 13.2. The van der Waals surface area contributed by atoms with Gasteiger partial charge in [0.05, 0.1) is 17.5 Å². The minimum Gasteiger partial charge on any atom is -0.342 e. The number of nitrogens with zero attached hydrogens (tertiary/aromatic N) is 5. The van der Waals surface area contributed by atoms with Crippen molar-refractivity contribution in [3.63, 3.8) is 0 Å². The van der Waals surface area contributed by atoms with Gasteiger partial charge in [-0.2, -0.15) is 22.8 Å². The van der Waals surface area contributed by atoms with Crippen LogP contribution in [0.25, 0.3) is 5.95 Å². The van der Waals surface area contributed by atoms with Gasteiger partial charge in [-0.25, -0.2) is 14.4 Å². The molecule has 1 aliphatic rings. The van der Waals surface area contributed by atoms with Gasteiger partial charge in [0.25, 0.3) is 11.9 Å². The largest absolute Gasteiger partial charge is 0.416 e. The van der Waals surface area contributed by atoms with E-state index in [-0.39, 0.29) is 34.7 Å². The fourth-order valence-electron chi connectivity index (χ4n) is 3.07. The van der Waals surface area contributed by atoms with E-state index in [4.69, 9.17) is 11.6 Å². The number of amides is 2. The lowest BCUT2D eigenvalue weighted by Crippen LogP contribution is -2.29. The number of benzene rings is 1. The zero-order valence-corrected chi connectivity index (χ0v) is 18.1. The van der Waals surface area contributed by atoms with E-state index < -0.39 is 41.7 Å². The van der Waals surface area contributed by atoms with Crippen molar-refractivity contribution in [1.29, 1.82) is 0 Å². The smallest absolute Gasteiger partial charge is 0.342 e.